The average Bonchev–Trinajstić information content (AvgIpc) is 3.10. The molecule has 0 aliphatic carbocycles. The number of furan rings is 1. The zero-order chi connectivity index (χ0) is 16.9. The topological polar surface area (TPSA) is 67.2 Å². The largest absolute Gasteiger partial charge is 0.467 e. The highest BCUT2D eigenvalue weighted by Gasteiger charge is 2.09. The number of hydrogen-bond donors (Lipinski definition) is 2. The maximum Gasteiger partial charge on any atom is 0.257 e. The standard InChI is InChI=1S/C19H19N3O2/c1-13-5-6-14(2)18(8-13)22-19(23)15-9-16(11-20-10-15)21-12-17-4-3-7-24-17/h3-11,21H,12H2,1-2H3,(H,22,23). The molecule has 122 valence electrons. The third kappa shape index (κ3) is 3.81. The third-order valence-corrected chi connectivity index (χ3v) is 3.69. The minimum atomic E-state index is -0.183. The van der Waals surface area contributed by atoms with Gasteiger partial charge in [0.05, 0.1) is 24.1 Å². The van der Waals surface area contributed by atoms with Crippen molar-refractivity contribution in [2.45, 2.75) is 20.4 Å². The Labute approximate surface area is 140 Å². The molecule has 0 saturated carbocycles. The second-order valence-electron chi connectivity index (χ2n) is 5.67. The lowest BCUT2D eigenvalue weighted by Gasteiger charge is -2.10. The number of nitrogens with one attached hydrogen (secondary N) is 2. The fourth-order valence-corrected chi connectivity index (χ4v) is 2.33. The predicted molar refractivity (Wildman–Crippen MR) is 94.1 cm³/mol. The van der Waals surface area contributed by atoms with Crippen molar-refractivity contribution >= 4 is 17.3 Å². The number of carbonyl (C=O) groups is 1. The molecule has 5 heteroatoms. The zero-order valence-corrected chi connectivity index (χ0v) is 13.7. The molecule has 3 aromatic rings. The van der Waals surface area contributed by atoms with E-state index < -0.39 is 0 Å². The highest BCUT2D eigenvalue weighted by Crippen LogP contribution is 2.18. The van der Waals surface area contributed by atoms with Crippen molar-refractivity contribution in [1.29, 1.82) is 0 Å². The van der Waals surface area contributed by atoms with E-state index in [1.165, 1.54) is 0 Å². The van der Waals surface area contributed by atoms with Crippen LogP contribution in [0.15, 0.2) is 59.5 Å². The van der Waals surface area contributed by atoms with Crippen LogP contribution in [0, 0.1) is 13.8 Å². The Morgan fingerprint density at radius 1 is 1.17 bits per heavy atom. The Balaban J connectivity index is 1.70. The van der Waals surface area contributed by atoms with Gasteiger partial charge in [-0.05, 0) is 49.2 Å². The molecule has 0 bridgehead atoms. The Morgan fingerprint density at radius 2 is 2.04 bits per heavy atom. The summed E-state index contributed by atoms with van der Waals surface area (Å²) in [7, 11) is 0. The highest BCUT2D eigenvalue weighted by atomic mass is 16.3. The van der Waals surface area contributed by atoms with E-state index in [4.69, 9.17) is 4.42 Å². The maximum atomic E-state index is 12.5. The first-order chi connectivity index (χ1) is 11.6. The molecule has 2 heterocycles. The third-order valence-electron chi connectivity index (χ3n) is 3.69. The average molecular weight is 321 g/mol. The molecule has 0 aliphatic rings. The molecule has 3 rings (SSSR count). The molecule has 0 unspecified atom stereocenters. The monoisotopic (exact) mass is 321 g/mol. The first-order valence-corrected chi connectivity index (χ1v) is 7.72. The molecule has 0 atom stereocenters. The van der Waals surface area contributed by atoms with Gasteiger partial charge in [-0.25, -0.2) is 0 Å². The van der Waals surface area contributed by atoms with Gasteiger partial charge in [0, 0.05) is 18.1 Å². The van der Waals surface area contributed by atoms with E-state index in [0.717, 1.165) is 28.3 Å². The number of aryl methyl sites for hydroxylation is 2. The van der Waals surface area contributed by atoms with Crippen LogP contribution in [0.1, 0.15) is 27.2 Å². The number of aromatic nitrogens is 1. The molecule has 0 fully saturated rings. The normalized spacial score (nSPS) is 10.4. The van der Waals surface area contributed by atoms with Crippen LogP contribution in [0.4, 0.5) is 11.4 Å². The van der Waals surface area contributed by atoms with Crippen LogP contribution in [0.2, 0.25) is 0 Å². The Hall–Kier alpha value is -3.08. The summed E-state index contributed by atoms with van der Waals surface area (Å²) in [5.41, 5.74) is 4.20. The van der Waals surface area contributed by atoms with Gasteiger partial charge in [0.1, 0.15) is 5.76 Å². The van der Waals surface area contributed by atoms with E-state index in [-0.39, 0.29) is 5.91 Å². The number of amides is 1. The van der Waals surface area contributed by atoms with Crippen molar-refractivity contribution in [2.24, 2.45) is 0 Å². The van der Waals surface area contributed by atoms with Gasteiger partial charge in [-0.2, -0.15) is 0 Å². The Kier molecular flexibility index (Phi) is 4.61. The van der Waals surface area contributed by atoms with E-state index in [9.17, 15) is 4.79 Å². The van der Waals surface area contributed by atoms with Crippen molar-refractivity contribution in [3.05, 3.63) is 77.5 Å². The molecule has 5 nitrogen and oxygen atoms in total. The van der Waals surface area contributed by atoms with E-state index in [1.54, 1.807) is 24.7 Å². The minimum absolute atomic E-state index is 0.183. The summed E-state index contributed by atoms with van der Waals surface area (Å²) in [6.07, 6.45) is 4.86. The predicted octanol–water partition coefficient (Wildman–Crippen LogP) is 4.16. The van der Waals surface area contributed by atoms with Crippen LogP contribution in [-0.4, -0.2) is 10.9 Å². The van der Waals surface area contributed by atoms with E-state index >= 15 is 0 Å². The zero-order valence-electron chi connectivity index (χ0n) is 13.7. The van der Waals surface area contributed by atoms with Crippen LogP contribution >= 0.6 is 0 Å². The Morgan fingerprint density at radius 3 is 2.83 bits per heavy atom. The van der Waals surface area contributed by atoms with Gasteiger partial charge in [0.2, 0.25) is 0 Å². The van der Waals surface area contributed by atoms with Crippen LogP contribution in [-0.2, 0) is 6.54 Å². The quantitative estimate of drug-likeness (QED) is 0.740. The van der Waals surface area contributed by atoms with Gasteiger partial charge in [-0.15, -0.1) is 0 Å². The number of pyridine rings is 1. The summed E-state index contributed by atoms with van der Waals surface area (Å²) in [6, 6.07) is 11.5. The fourth-order valence-electron chi connectivity index (χ4n) is 2.33. The first kappa shape index (κ1) is 15.8. The number of carbonyl (C=O) groups excluding carboxylic acids is 1. The van der Waals surface area contributed by atoms with Crippen molar-refractivity contribution in [2.75, 3.05) is 10.6 Å². The lowest BCUT2D eigenvalue weighted by Crippen LogP contribution is -2.13. The number of nitrogens with zero attached hydrogens (tertiary/aromatic N) is 1. The second kappa shape index (κ2) is 7.00. The minimum Gasteiger partial charge on any atom is -0.467 e. The molecule has 24 heavy (non-hydrogen) atoms. The number of anilines is 2. The molecular formula is C19H19N3O2. The SMILES string of the molecule is Cc1ccc(C)c(NC(=O)c2cncc(NCc3ccco3)c2)c1. The molecule has 1 aromatic carbocycles. The van der Waals surface area contributed by atoms with Gasteiger partial charge in [-0.1, -0.05) is 12.1 Å². The summed E-state index contributed by atoms with van der Waals surface area (Å²) < 4.78 is 5.27. The van der Waals surface area contributed by atoms with Gasteiger partial charge in [0.15, 0.2) is 0 Å². The molecule has 0 spiro atoms. The number of hydrogen-bond acceptors (Lipinski definition) is 4. The lowest BCUT2D eigenvalue weighted by atomic mass is 10.1. The summed E-state index contributed by atoms with van der Waals surface area (Å²) in [5.74, 6) is 0.637. The summed E-state index contributed by atoms with van der Waals surface area (Å²) in [5, 5.41) is 6.13. The second-order valence-corrected chi connectivity index (χ2v) is 5.67. The number of rotatable bonds is 5. The van der Waals surface area contributed by atoms with E-state index in [2.05, 4.69) is 15.6 Å². The van der Waals surface area contributed by atoms with Gasteiger partial charge in [-0.3, -0.25) is 9.78 Å². The van der Waals surface area contributed by atoms with E-state index in [1.807, 2.05) is 44.2 Å². The molecule has 1 amide bonds. The van der Waals surface area contributed by atoms with Gasteiger partial charge in [0.25, 0.3) is 5.91 Å². The van der Waals surface area contributed by atoms with Crippen LogP contribution < -0.4 is 10.6 Å². The van der Waals surface area contributed by atoms with E-state index in [0.29, 0.717) is 12.1 Å². The van der Waals surface area contributed by atoms with Crippen molar-refractivity contribution in [3.8, 4) is 0 Å². The molecule has 0 aliphatic heterocycles. The van der Waals surface area contributed by atoms with Crippen LogP contribution in [0.5, 0.6) is 0 Å². The van der Waals surface area contributed by atoms with Crippen LogP contribution in [0.3, 0.4) is 0 Å². The van der Waals surface area contributed by atoms with Gasteiger partial charge < -0.3 is 15.1 Å². The summed E-state index contributed by atoms with van der Waals surface area (Å²) in [6.45, 7) is 4.50. The van der Waals surface area contributed by atoms with Crippen LogP contribution in [0.25, 0.3) is 0 Å². The van der Waals surface area contributed by atoms with Gasteiger partial charge >= 0.3 is 0 Å². The molecular weight excluding hydrogens is 302 g/mol. The molecule has 2 N–H and O–H groups in total. The summed E-state index contributed by atoms with van der Waals surface area (Å²) >= 11 is 0. The van der Waals surface area contributed by atoms with Crippen molar-refractivity contribution < 1.29 is 9.21 Å². The smallest absolute Gasteiger partial charge is 0.257 e. The lowest BCUT2D eigenvalue weighted by molar-refractivity contribution is 0.102. The summed E-state index contributed by atoms with van der Waals surface area (Å²) in [4.78, 5) is 16.6. The van der Waals surface area contributed by atoms with Crippen molar-refractivity contribution in [3.63, 3.8) is 0 Å². The molecule has 0 radical (unpaired) electrons. The molecule has 2 aromatic heterocycles. The van der Waals surface area contributed by atoms with Crippen molar-refractivity contribution in [1.82, 2.24) is 4.98 Å². The molecule has 0 saturated heterocycles. The highest BCUT2D eigenvalue weighted by molar-refractivity contribution is 6.05. The fraction of sp³-hybridized carbons (Fsp3) is 0.158. The maximum absolute atomic E-state index is 12.5. The number of benzene rings is 1. The Bertz CT molecular complexity index is 842. The first-order valence-electron chi connectivity index (χ1n) is 7.72.